The van der Waals surface area contributed by atoms with E-state index in [2.05, 4.69) is 0 Å². The Hall–Kier alpha value is -2.61. The lowest BCUT2D eigenvalue weighted by atomic mass is 10.1. The lowest BCUT2D eigenvalue weighted by Gasteiger charge is -2.25. The third kappa shape index (κ3) is 2.30. The second-order valence-corrected chi connectivity index (χ2v) is 7.49. The molecule has 2 aromatic carbocycles. The van der Waals surface area contributed by atoms with E-state index in [1.807, 2.05) is 12.1 Å². The predicted octanol–water partition coefficient (Wildman–Crippen LogP) is 1.28. The molecule has 0 bridgehead atoms. The summed E-state index contributed by atoms with van der Waals surface area (Å²) in [6.07, 6.45) is 0. The van der Waals surface area contributed by atoms with Gasteiger partial charge in [-0.05, 0) is 24.4 Å². The fourth-order valence-electron chi connectivity index (χ4n) is 2.74. The summed E-state index contributed by atoms with van der Waals surface area (Å²) >= 11 is 0. The normalized spacial score (nSPS) is 16.2. The molecule has 0 saturated heterocycles. The van der Waals surface area contributed by atoms with Gasteiger partial charge >= 0.3 is 5.97 Å². The van der Waals surface area contributed by atoms with Crippen molar-refractivity contribution in [1.82, 2.24) is 4.90 Å². The molecule has 2 aromatic rings. The van der Waals surface area contributed by atoms with Crippen LogP contribution in [-0.2, 0) is 19.6 Å². The molecule has 3 rings (SSSR count). The second kappa shape index (κ2) is 5.48. The summed E-state index contributed by atoms with van der Waals surface area (Å²) in [5.41, 5.74) is 0.438. The first-order valence-electron chi connectivity index (χ1n) is 7.28. The molecule has 1 N–H and O–H groups in total. The van der Waals surface area contributed by atoms with Crippen molar-refractivity contribution in [2.24, 2.45) is 0 Å². The summed E-state index contributed by atoms with van der Waals surface area (Å²) in [5, 5.41) is 10.4. The van der Waals surface area contributed by atoms with Crippen LogP contribution in [0.1, 0.15) is 6.92 Å². The predicted molar refractivity (Wildman–Crippen MR) is 88.3 cm³/mol. The van der Waals surface area contributed by atoms with E-state index in [1.165, 1.54) is 20.0 Å². The van der Waals surface area contributed by atoms with Crippen LogP contribution in [0.5, 0.6) is 0 Å². The minimum Gasteiger partial charge on any atom is -0.480 e. The number of benzene rings is 2. The molecule has 8 heteroatoms. The first kappa shape index (κ1) is 16.3. The molecular weight excluding hydrogens is 332 g/mol. The minimum atomic E-state index is -3.83. The van der Waals surface area contributed by atoms with Crippen LogP contribution in [0.4, 0.5) is 5.69 Å². The first-order valence-corrected chi connectivity index (χ1v) is 8.72. The zero-order valence-corrected chi connectivity index (χ0v) is 13.9. The van der Waals surface area contributed by atoms with Gasteiger partial charge in [0.1, 0.15) is 12.6 Å². The van der Waals surface area contributed by atoms with Gasteiger partial charge in [0.25, 0.3) is 10.0 Å². The molecule has 1 aliphatic rings. The average Bonchev–Trinajstić information content (AvgIpc) is 2.77. The second-order valence-electron chi connectivity index (χ2n) is 5.66. The summed E-state index contributed by atoms with van der Waals surface area (Å²) in [5.74, 6) is -1.74. The van der Waals surface area contributed by atoms with Gasteiger partial charge < -0.3 is 10.0 Å². The Bertz CT molecular complexity index is 949. The van der Waals surface area contributed by atoms with Crippen LogP contribution in [0.3, 0.4) is 0 Å². The number of carboxylic acids is 1. The molecule has 1 amide bonds. The summed E-state index contributed by atoms with van der Waals surface area (Å²) in [6, 6.07) is 9.11. The van der Waals surface area contributed by atoms with Gasteiger partial charge in [-0.25, -0.2) is 13.2 Å². The maximum absolute atomic E-state index is 12.8. The van der Waals surface area contributed by atoms with Gasteiger partial charge in [0.15, 0.2) is 0 Å². The topological polar surface area (TPSA) is 95.0 Å². The average molecular weight is 348 g/mol. The van der Waals surface area contributed by atoms with E-state index in [0.717, 1.165) is 14.6 Å². The van der Waals surface area contributed by atoms with Crippen molar-refractivity contribution in [3.63, 3.8) is 0 Å². The number of hydrogen-bond acceptors (Lipinski definition) is 4. The highest BCUT2D eigenvalue weighted by Crippen LogP contribution is 2.41. The molecule has 0 radical (unpaired) electrons. The minimum absolute atomic E-state index is 0.164. The molecule has 0 aliphatic carbocycles. The van der Waals surface area contributed by atoms with Crippen molar-refractivity contribution in [3.8, 4) is 0 Å². The van der Waals surface area contributed by atoms with Gasteiger partial charge in [-0.15, -0.1) is 0 Å². The molecule has 1 unspecified atom stereocenters. The molecule has 7 nitrogen and oxygen atoms in total. The summed E-state index contributed by atoms with van der Waals surface area (Å²) < 4.78 is 26.6. The number of nitrogens with zero attached hydrogens (tertiary/aromatic N) is 2. The van der Waals surface area contributed by atoms with E-state index in [-0.39, 0.29) is 4.90 Å². The van der Waals surface area contributed by atoms with Gasteiger partial charge in [-0.1, -0.05) is 24.3 Å². The van der Waals surface area contributed by atoms with Crippen LogP contribution >= 0.6 is 0 Å². The smallest absolute Gasteiger partial charge is 0.326 e. The molecule has 1 atom stereocenters. The van der Waals surface area contributed by atoms with E-state index in [1.54, 1.807) is 18.2 Å². The Morgan fingerprint density at radius 1 is 1.21 bits per heavy atom. The van der Waals surface area contributed by atoms with Crippen molar-refractivity contribution in [2.75, 3.05) is 17.9 Å². The number of carboxylic acid groups (broad SMARTS) is 1. The Morgan fingerprint density at radius 2 is 1.83 bits per heavy atom. The lowest BCUT2D eigenvalue weighted by molar-refractivity contribution is -0.147. The van der Waals surface area contributed by atoms with E-state index in [9.17, 15) is 18.0 Å². The molecule has 126 valence electrons. The van der Waals surface area contributed by atoms with Crippen LogP contribution in [0.15, 0.2) is 41.3 Å². The van der Waals surface area contributed by atoms with Crippen molar-refractivity contribution >= 4 is 38.4 Å². The summed E-state index contributed by atoms with van der Waals surface area (Å²) in [6.45, 7) is 0.929. The largest absolute Gasteiger partial charge is 0.480 e. The molecule has 0 fully saturated rings. The Balaban J connectivity index is 2.01. The van der Waals surface area contributed by atoms with E-state index < -0.39 is 34.5 Å². The summed E-state index contributed by atoms with van der Waals surface area (Å²) in [7, 11) is -2.49. The number of likely N-dealkylation sites (N-methyl/N-ethyl adjacent to an activating group) is 1. The Kier molecular flexibility index (Phi) is 3.71. The summed E-state index contributed by atoms with van der Waals surface area (Å²) in [4.78, 5) is 24.6. The zero-order valence-electron chi connectivity index (χ0n) is 13.1. The fraction of sp³-hybridized carbons (Fsp3) is 0.250. The molecule has 0 saturated carbocycles. The Labute approximate surface area is 139 Å². The van der Waals surface area contributed by atoms with Crippen LogP contribution in [-0.4, -0.2) is 49.9 Å². The van der Waals surface area contributed by atoms with Crippen molar-refractivity contribution in [3.05, 3.63) is 36.4 Å². The number of anilines is 1. The first-order chi connectivity index (χ1) is 11.2. The molecule has 0 aromatic heterocycles. The highest BCUT2D eigenvalue weighted by Gasteiger charge is 2.37. The number of sulfonamides is 1. The van der Waals surface area contributed by atoms with Crippen LogP contribution in [0, 0.1) is 0 Å². The van der Waals surface area contributed by atoms with Gasteiger partial charge in [0, 0.05) is 12.4 Å². The Morgan fingerprint density at radius 3 is 2.46 bits per heavy atom. The van der Waals surface area contributed by atoms with Gasteiger partial charge in [-0.2, -0.15) is 0 Å². The zero-order chi connectivity index (χ0) is 17.6. The quantitative estimate of drug-likeness (QED) is 0.898. The third-order valence-electron chi connectivity index (χ3n) is 4.29. The number of rotatable bonds is 4. The van der Waals surface area contributed by atoms with E-state index in [4.69, 9.17) is 5.11 Å². The number of carbonyl (C=O) groups excluding carboxylic acids is 1. The van der Waals surface area contributed by atoms with E-state index >= 15 is 0 Å². The monoisotopic (exact) mass is 348 g/mol. The highest BCUT2D eigenvalue weighted by molar-refractivity contribution is 7.93. The van der Waals surface area contributed by atoms with Crippen LogP contribution < -0.4 is 4.31 Å². The molecule has 1 aliphatic heterocycles. The molecule has 1 heterocycles. The van der Waals surface area contributed by atoms with E-state index in [0.29, 0.717) is 11.1 Å². The number of carbonyl (C=O) groups is 2. The molecular formula is C16H16N2O5S. The number of hydrogen-bond donors (Lipinski definition) is 1. The maximum atomic E-state index is 12.8. The standard InChI is InChI=1S/C16H16N2O5S/c1-10(16(20)21)17(2)14(19)9-18-12-7-3-5-11-6-4-8-13(15(11)12)24(18,22)23/h3-8,10H,9H2,1-2H3,(H,20,21). The van der Waals surface area contributed by atoms with Gasteiger partial charge in [0.2, 0.25) is 5.91 Å². The molecule has 0 spiro atoms. The van der Waals surface area contributed by atoms with Crippen molar-refractivity contribution in [1.29, 1.82) is 0 Å². The third-order valence-corrected chi connectivity index (χ3v) is 6.09. The maximum Gasteiger partial charge on any atom is 0.326 e. The molecule has 24 heavy (non-hydrogen) atoms. The van der Waals surface area contributed by atoms with Crippen molar-refractivity contribution in [2.45, 2.75) is 17.9 Å². The van der Waals surface area contributed by atoms with Crippen molar-refractivity contribution < 1.29 is 23.1 Å². The fourth-order valence-corrected chi connectivity index (χ4v) is 4.40. The SMILES string of the molecule is CC(C(=O)O)N(C)C(=O)CN1c2cccc3cccc(c23)S1(=O)=O. The lowest BCUT2D eigenvalue weighted by Crippen LogP contribution is -2.46. The highest BCUT2D eigenvalue weighted by atomic mass is 32.2. The number of amides is 1. The van der Waals surface area contributed by atoms with Gasteiger partial charge in [-0.3, -0.25) is 9.10 Å². The van der Waals surface area contributed by atoms with Crippen LogP contribution in [0.2, 0.25) is 0 Å². The van der Waals surface area contributed by atoms with Crippen LogP contribution in [0.25, 0.3) is 10.8 Å². The number of aliphatic carboxylic acids is 1. The van der Waals surface area contributed by atoms with Gasteiger partial charge in [0.05, 0.1) is 10.6 Å².